The molecule has 0 spiro atoms. The molecule has 150 valence electrons. The van der Waals surface area contributed by atoms with Crippen LogP contribution in [0, 0.1) is 0 Å². The minimum atomic E-state index is 0.0441. The van der Waals surface area contributed by atoms with E-state index in [1.54, 1.807) is 0 Å². The molecule has 1 aliphatic heterocycles. The van der Waals surface area contributed by atoms with Gasteiger partial charge >= 0.3 is 0 Å². The largest absolute Gasteiger partial charge is 0.367 e. The topological polar surface area (TPSA) is 58.6 Å². The third-order valence-corrected chi connectivity index (χ3v) is 5.72. The van der Waals surface area contributed by atoms with Crippen LogP contribution in [0.25, 0.3) is 0 Å². The highest BCUT2D eigenvalue weighted by Gasteiger charge is 2.23. The van der Waals surface area contributed by atoms with Crippen molar-refractivity contribution in [3.63, 3.8) is 0 Å². The van der Waals surface area contributed by atoms with Crippen LogP contribution in [0.3, 0.4) is 0 Å². The minimum Gasteiger partial charge on any atom is -0.367 e. The van der Waals surface area contributed by atoms with Crippen LogP contribution in [0.1, 0.15) is 17.0 Å². The second-order valence-corrected chi connectivity index (χ2v) is 7.73. The molecule has 7 heteroatoms. The molecule has 0 saturated carbocycles. The average Bonchev–Trinajstić information content (AvgIpc) is 3.24. The number of anilines is 1. The first-order chi connectivity index (χ1) is 14.3. The first-order valence-corrected chi connectivity index (χ1v) is 10.6. The van der Waals surface area contributed by atoms with Gasteiger partial charge in [0.05, 0.1) is 6.61 Å². The Kier molecular flexibility index (Phi) is 6.49. The van der Waals surface area contributed by atoms with E-state index in [9.17, 15) is 4.79 Å². The molecule has 1 fully saturated rings. The van der Waals surface area contributed by atoms with E-state index in [-0.39, 0.29) is 12.5 Å². The predicted molar refractivity (Wildman–Crippen MR) is 114 cm³/mol. The van der Waals surface area contributed by atoms with Gasteiger partial charge in [-0.1, -0.05) is 60.7 Å². The summed E-state index contributed by atoms with van der Waals surface area (Å²) in [5, 5.41) is 0.934. The van der Waals surface area contributed by atoms with Crippen molar-refractivity contribution in [1.29, 1.82) is 0 Å². The highest BCUT2D eigenvalue weighted by atomic mass is 32.1. The standard InChI is InChI=1S/C22H24N4O2S/c27-21(17-28-16-19-9-5-2-6-10-19)25-11-13-26(14-12-25)22-23-20(24-29-22)15-18-7-3-1-4-8-18/h1-10H,11-17H2. The molecule has 0 atom stereocenters. The molecule has 0 aliphatic carbocycles. The predicted octanol–water partition coefficient (Wildman–Crippen LogP) is 2.99. The second-order valence-electron chi connectivity index (χ2n) is 7.00. The fraction of sp³-hybridized carbons (Fsp3) is 0.318. The summed E-state index contributed by atoms with van der Waals surface area (Å²) in [5.74, 6) is 0.895. The van der Waals surface area contributed by atoms with Crippen LogP contribution in [0.15, 0.2) is 60.7 Å². The van der Waals surface area contributed by atoms with Crippen LogP contribution in [0.5, 0.6) is 0 Å². The fourth-order valence-electron chi connectivity index (χ4n) is 3.29. The molecule has 0 radical (unpaired) electrons. The van der Waals surface area contributed by atoms with E-state index in [1.165, 1.54) is 17.1 Å². The van der Waals surface area contributed by atoms with E-state index in [0.717, 1.165) is 36.0 Å². The number of piperazine rings is 1. The summed E-state index contributed by atoms with van der Waals surface area (Å²) >= 11 is 1.43. The second kappa shape index (κ2) is 9.62. The lowest BCUT2D eigenvalue weighted by molar-refractivity contribution is -0.136. The number of amides is 1. The van der Waals surface area contributed by atoms with Crippen molar-refractivity contribution in [3.8, 4) is 0 Å². The molecule has 1 aromatic heterocycles. The van der Waals surface area contributed by atoms with Gasteiger partial charge in [0.15, 0.2) is 0 Å². The quantitative estimate of drug-likeness (QED) is 0.602. The van der Waals surface area contributed by atoms with E-state index in [2.05, 4.69) is 26.4 Å². The third kappa shape index (κ3) is 5.40. The number of carbonyl (C=O) groups excluding carboxylic acids is 1. The summed E-state index contributed by atoms with van der Waals surface area (Å²) in [6, 6.07) is 20.2. The normalized spacial score (nSPS) is 14.2. The smallest absolute Gasteiger partial charge is 0.248 e. The van der Waals surface area contributed by atoms with Gasteiger partial charge in [0.1, 0.15) is 12.4 Å². The van der Waals surface area contributed by atoms with E-state index < -0.39 is 0 Å². The Morgan fingerprint density at radius 1 is 0.931 bits per heavy atom. The van der Waals surface area contributed by atoms with E-state index in [0.29, 0.717) is 19.7 Å². The molecular formula is C22H24N4O2S. The van der Waals surface area contributed by atoms with Gasteiger partial charge in [-0.05, 0) is 11.1 Å². The number of hydrogen-bond acceptors (Lipinski definition) is 6. The van der Waals surface area contributed by atoms with Crippen LogP contribution < -0.4 is 4.90 Å². The van der Waals surface area contributed by atoms with Crippen molar-refractivity contribution in [2.24, 2.45) is 0 Å². The molecule has 2 aromatic carbocycles. The maximum Gasteiger partial charge on any atom is 0.248 e. The van der Waals surface area contributed by atoms with Crippen molar-refractivity contribution in [2.75, 3.05) is 37.7 Å². The van der Waals surface area contributed by atoms with Crippen molar-refractivity contribution in [3.05, 3.63) is 77.6 Å². The lowest BCUT2D eigenvalue weighted by Gasteiger charge is -2.34. The first kappa shape index (κ1) is 19.5. The molecule has 0 bridgehead atoms. The molecule has 6 nitrogen and oxygen atoms in total. The summed E-state index contributed by atoms with van der Waals surface area (Å²) < 4.78 is 10.1. The molecule has 1 aliphatic rings. The summed E-state index contributed by atoms with van der Waals surface area (Å²) in [4.78, 5) is 21.2. The molecule has 1 saturated heterocycles. The van der Waals surface area contributed by atoms with Crippen molar-refractivity contribution in [1.82, 2.24) is 14.3 Å². The lowest BCUT2D eigenvalue weighted by Crippen LogP contribution is -2.49. The summed E-state index contributed by atoms with van der Waals surface area (Å²) in [7, 11) is 0. The average molecular weight is 409 g/mol. The molecule has 2 heterocycles. The van der Waals surface area contributed by atoms with Gasteiger partial charge in [0, 0.05) is 44.1 Å². The Bertz CT molecular complexity index is 909. The van der Waals surface area contributed by atoms with Crippen molar-refractivity contribution < 1.29 is 9.53 Å². The molecular weight excluding hydrogens is 384 g/mol. The highest BCUT2D eigenvalue weighted by molar-refractivity contribution is 7.09. The zero-order valence-corrected chi connectivity index (χ0v) is 17.1. The number of aromatic nitrogens is 2. The molecule has 0 unspecified atom stereocenters. The van der Waals surface area contributed by atoms with Gasteiger partial charge in [-0.25, -0.2) is 4.98 Å². The number of hydrogen-bond donors (Lipinski definition) is 0. The van der Waals surface area contributed by atoms with E-state index in [1.807, 2.05) is 53.4 Å². The van der Waals surface area contributed by atoms with Crippen LogP contribution >= 0.6 is 11.5 Å². The van der Waals surface area contributed by atoms with Crippen molar-refractivity contribution in [2.45, 2.75) is 13.0 Å². The van der Waals surface area contributed by atoms with Gasteiger partial charge in [-0.3, -0.25) is 4.79 Å². The molecule has 3 aromatic rings. The van der Waals surface area contributed by atoms with Gasteiger partial charge < -0.3 is 14.5 Å². The van der Waals surface area contributed by atoms with Crippen LogP contribution in [-0.2, 0) is 22.6 Å². The zero-order valence-electron chi connectivity index (χ0n) is 16.2. The Labute approximate surface area is 174 Å². The van der Waals surface area contributed by atoms with Gasteiger partial charge in [0.25, 0.3) is 0 Å². The highest BCUT2D eigenvalue weighted by Crippen LogP contribution is 2.20. The Morgan fingerprint density at radius 3 is 2.28 bits per heavy atom. The Hall–Kier alpha value is -2.77. The fourth-order valence-corrected chi connectivity index (χ4v) is 4.03. The number of ether oxygens (including phenoxy) is 1. The van der Waals surface area contributed by atoms with E-state index >= 15 is 0 Å². The molecule has 1 amide bonds. The van der Waals surface area contributed by atoms with Gasteiger partial charge in [-0.2, -0.15) is 4.37 Å². The Morgan fingerprint density at radius 2 is 1.59 bits per heavy atom. The zero-order chi connectivity index (χ0) is 19.9. The SMILES string of the molecule is O=C(COCc1ccccc1)N1CCN(c2nc(Cc3ccccc3)ns2)CC1. The lowest BCUT2D eigenvalue weighted by atomic mass is 10.1. The number of rotatable bonds is 7. The number of benzene rings is 2. The molecule has 4 rings (SSSR count). The van der Waals surface area contributed by atoms with Crippen molar-refractivity contribution >= 4 is 22.6 Å². The molecule has 0 N–H and O–H groups in total. The summed E-state index contributed by atoms with van der Waals surface area (Å²) in [5.41, 5.74) is 2.29. The van der Waals surface area contributed by atoms with Crippen LogP contribution in [0.2, 0.25) is 0 Å². The molecule has 29 heavy (non-hydrogen) atoms. The summed E-state index contributed by atoms with van der Waals surface area (Å²) in [6.07, 6.45) is 0.745. The third-order valence-electron chi connectivity index (χ3n) is 4.90. The van der Waals surface area contributed by atoms with Gasteiger partial charge in [-0.15, -0.1) is 0 Å². The first-order valence-electron chi connectivity index (χ1n) is 9.79. The maximum atomic E-state index is 12.4. The van der Waals surface area contributed by atoms with Crippen LogP contribution in [0.4, 0.5) is 5.13 Å². The number of carbonyl (C=O) groups is 1. The Balaban J connectivity index is 1.22. The maximum absolute atomic E-state index is 12.4. The summed E-state index contributed by atoms with van der Waals surface area (Å²) in [6.45, 7) is 3.48. The van der Waals surface area contributed by atoms with Gasteiger partial charge in [0.2, 0.25) is 11.0 Å². The number of nitrogens with zero attached hydrogens (tertiary/aromatic N) is 4. The van der Waals surface area contributed by atoms with Crippen LogP contribution in [-0.4, -0.2) is 53.0 Å². The van der Waals surface area contributed by atoms with E-state index in [4.69, 9.17) is 4.74 Å². The monoisotopic (exact) mass is 408 g/mol. The minimum absolute atomic E-state index is 0.0441.